The molecule has 0 amide bonds. The Bertz CT molecular complexity index is 1000. The first-order valence-electron chi connectivity index (χ1n) is 9.42. The van der Waals surface area contributed by atoms with E-state index in [0.717, 1.165) is 29.7 Å². The molecule has 1 aliphatic carbocycles. The number of nitrogens with zero attached hydrogens (tertiary/aromatic N) is 4. The number of ketones is 1. The monoisotopic (exact) mass is 364 g/mol. The second kappa shape index (κ2) is 6.76. The number of aromatic nitrogens is 4. The molecule has 0 radical (unpaired) electrons. The highest BCUT2D eigenvalue weighted by molar-refractivity contribution is 5.97. The van der Waals surface area contributed by atoms with E-state index < -0.39 is 0 Å². The first-order valence-corrected chi connectivity index (χ1v) is 9.42. The third kappa shape index (κ3) is 3.31. The summed E-state index contributed by atoms with van der Waals surface area (Å²) in [4.78, 5) is 17.2. The molecule has 6 nitrogen and oxygen atoms in total. The average Bonchev–Trinajstić information content (AvgIpc) is 3.33. The lowest BCUT2D eigenvalue weighted by Crippen LogP contribution is -2.06. The average molecular weight is 364 g/mol. The fourth-order valence-electron chi connectivity index (χ4n) is 3.85. The highest BCUT2D eigenvalue weighted by atomic mass is 16.5. The van der Waals surface area contributed by atoms with E-state index in [0.29, 0.717) is 18.1 Å². The molecule has 0 spiro atoms. The molecule has 0 N–H and O–H groups in total. The van der Waals surface area contributed by atoms with E-state index in [1.165, 1.54) is 11.1 Å². The molecule has 0 unspecified atom stereocenters. The van der Waals surface area contributed by atoms with Gasteiger partial charge in [-0.2, -0.15) is 10.1 Å². The molecule has 27 heavy (non-hydrogen) atoms. The summed E-state index contributed by atoms with van der Waals surface area (Å²) >= 11 is 0. The van der Waals surface area contributed by atoms with Gasteiger partial charge in [-0.25, -0.2) is 0 Å². The first kappa shape index (κ1) is 17.6. The van der Waals surface area contributed by atoms with E-state index in [2.05, 4.69) is 27.4 Å². The van der Waals surface area contributed by atoms with Crippen LogP contribution in [0.3, 0.4) is 0 Å². The minimum absolute atomic E-state index is 0.169. The highest BCUT2D eigenvalue weighted by Crippen LogP contribution is 2.38. The third-order valence-corrected chi connectivity index (χ3v) is 5.28. The number of benzene rings is 1. The lowest BCUT2D eigenvalue weighted by atomic mass is 9.92. The molecule has 2 heterocycles. The third-order valence-electron chi connectivity index (χ3n) is 5.28. The Hall–Kier alpha value is -2.76. The summed E-state index contributed by atoms with van der Waals surface area (Å²) in [6.45, 7) is 5.95. The largest absolute Gasteiger partial charge is 0.339 e. The maximum Gasteiger partial charge on any atom is 0.229 e. The number of hydrogen-bond donors (Lipinski definition) is 0. The molecule has 0 aliphatic heterocycles. The van der Waals surface area contributed by atoms with Crippen LogP contribution < -0.4 is 0 Å². The number of Topliss-reactive ketones (excluding diaryl/α,β-unsaturated/α-hetero) is 1. The van der Waals surface area contributed by atoms with Crippen LogP contribution in [0.15, 0.2) is 28.9 Å². The van der Waals surface area contributed by atoms with E-state index in [1.54, 1.807) is 4.68 Å². The number of aryl methyl sites for hydroxylation is 3. The van der Waals surface area contributed by atoms with Gasteiger partial charge in [-0.15, -0.1) is 0 Å². The van der Waals surface area contributed by atoms with Crippen LogP contribution in [-0.4, -0.2) is 25.7 Å². The molecule has 1 atom stereocenters. The predicted octanol–water partition coefficient (Wildman–Crippen LogP) is 4.20. The van der Waals surface area contributed by atoms with Crippen molar-refractivity contribution in [2.75, 3.05) is 0 Å². The summed E-state index contributed by atoms with van der Waals surface area (Å²) in [5.74, 6) is 1.93. The summed E-state index contributed by atoms with van der Waals surface area (Å²) in [5, 5.41) is 8.39. The van der Waals surface area contributed by atoms with Crippen molar-refractivity contribution in [2.24, 2.45) is 7.05 Å². The molecule has 0 fully saturated rings. The molecule has 1 aliphatic rings. The Balaban J connectivity index is 1.54. The molecular formula is C21H24N4O2. The summed E-state index contributed by atoms with van der Waals surface area (Å²) in [6, 6.07) is 6.30. The second-order valence-corrected chi connectivity index (χ2v) is 7.69. The van der Waals surface area contributed by atoms with Crippen molar-refractivity contribution < 1.29 is 9.32 Å². The van der Waals surface area contributed by atoms with Crippen molar-refractivity contribution in [1.29, 1.82) is 0 Å². The van der Waals surface area contributed by atoms with Gasteiger partial charge in [0.1, 0.15) is 0 Å². The number of hydrogen-bond acceptors (Lipinski definition) is 5. The van der Waals surface area contributed by atoms with Crippen molar-refractivity contribution in [1.82, 2.24) is 19.9 Å². The van der Waals surface area contributed by atoms with Crippen LogP contribution in [-0.2, 0) is 13.5 Å². The first-order chi connectivity index (χ1) is 12.9. The van der Waals surface area contributed by atoms with Gasteiger partial charge in [0.05, 0.1) is 11.3 Å². The van der Waals surface area contributed by atoms with Gasteiger partial charge >= 0.3 is 0 Å². The molecule has 1 aromatic carbocycles. The van der Waals surface area contributed by atoms with Crippen LogP contribution in [0.2, 0.25) is 0 Å². The van der Waals surface area contributed by atoms with Gasteiger partial charge in [0, 0.05) is 31.1 Å². The SMILES string of the molecule is Cc1nn(C)cc1C(=O)C[C@@H]1CCc2cc(-c3noc(C(C)C)n3)ccc21. The smallest absolute Gasteiger partial charge is 0.229 e. The highest BCUT2D eigenvalue weighted by Gasteiger charge is 2.27. The molecule has 3 aromatic rings. The topological polar surface area (TPSA) is 73.8 Å². The van der Waals surface area contributed by atoms with E-state index in [4.69, 9.17) is 4.52 Å². The van der Waals surface area contributed by atoms with Crippen molar-refractivity contribution in [3.63, 3.8) is 0 Å². The van der Waals surface area contributed by atoms with Gasteiger partial charge < -0.3 is 4.52 Å². The summed E-state index contributed by atoms with van der Waals surface area (Å²) in [6.07, 6.45) is 4.31. The molecule has 2 aromatic heterocycles. The summed E-state index contributed by atoms with van der Waals surface area (Å²) < 4.78 is 7.02. The molecular weight excluding hydrogens is 340 g/mol. The van der Waals surface area contributed by atoms with E-state index in [9.17, 15) is 4.79 Å². The summed E-state index contributed by atoms with van der Waals surface area (Å²) in [7, 11) is 1.85. The number of rotatable bonds is 5. The molecule has 4 rings (SSSR count). The Labute approximate surface area is 158 Å². The minimum atomic E-state index is 0.169. The zero-order valence-corrected chi connectivity index (χ0v) is 16.2. The molecule has 0 saturated heterocycles. The van der Waals surface area contributed by atoms with Gasteiger partial charge in [-0.3, -0.25) is 9.48 Å². The van der Waals surface area contributed by atoms with Gasteiger partial charge in [-0.05, 0) is 42.9 Å². The van der Waals surface area contributed by atoms with Crippen molar-refractivity contribution >= 4 is 5.78 Å². The standard InChI is InChI=1S/C21H24N4O2/c1-12(2)21-22-20(24-27-21)16-7-8-17-14(9-16)5-6-15(17)10-19(26)18-11-25(4)23-13(18)3/h7-9,11-12,15H,5-6,10H2,1-4H3/t15-/m0/s1. The quantitative estimate of drug-likeness (QED) is 0.634. The van der Waals surface area contributed by atoms with E-state index >= 15 is 0 Å². The molecule has 140 valence electrons. The Kier molecular flexibility index (Phi) is 4.42. The maximum atomic E-state index is 12.7. The fourth-order valence-corrected chi connectivity index (χ4v) is 3.85. The second-order valence-electron chi connectivity index (χ2n) is 7.69. The zero-order valence-electron chi connectivity index (χ0n) is 16.2. The van der Waals surface area contributed by atoms with E-state index in [-0.39, 0.29) is 17.6 Å². The number of carbonyl (C=O) groups excluding carboxylic acids is 1. The Morgan fingerprint density at radius 3 is 2.85 bits per heavy atom. The maximum absolute atomic E-state index is 12.7. The number of fused-ring (bicyclic) bond motifs is 1. The van der Waals surface area contributed by atoms with Crippen LogP contribution in [0.4, 0.5) is 0 Å². The Morgan fingerprint density at radius 2 is 2.19 bits per heavy atom. The molecule has 0 saturated carbocycles. The number of carbonyl (C=O) groups is 1. The lowest BCUT2D eigenvalue weighted by Gasteiger charge is -2.11. The van der Waals surface area contributed by atoms with E-state index in [1.807, 2.05) is 40.1 Å². The summed E-state index contributed by atoms with van der Waals surface area (Å²) in [5.41, 5.74) is 5.05. The van der Waals surface area contributed by atoms with Crippen LogP contribution in [0, 0.1) is 6.92 Å². The van der Waals surface area contributed by atoms with Crippen LogP contribution >= 0.6 is 0 Å². The zero-order chi connectivity index (χ0) is 19.1. The van der Waals surface area contributed by atoms with Crippen molar-refractivity contribution in [2.45, 2.75) is 51.9 Å². The van der Waals surface area contributed by atoms with Gasteiger partial charge in [0.15, 0.2) is 5.78 Å². The molecule has 0 bridgehead atoms. The fraction of sp³-hybridized carbons (Fsp3) is 0.429. The van der Waals surface area contributed by atoms with Gasteiger partial charge in [0.2, 0.25) is 11.7 Å². The van der Waals surface area contributed by atoms with Crippen LogP contribution in [0.5, 0.6) is 0 Å². The van der Waals surface area contributed by atoms with Crippen LogP contribution in [0.25, 0.3) is 11.4 Å². The Morgan fingerprint density at radius 1 is 1.37 bits per heavy atom. The predicted molar refractivity (Wildman–Crippen MR) is 102 cm³/mol. The lowest BCUT2D eigenvalue weighted by molar-refractivity contribution is 0.0973. The van der Waals surface area contributed by atoms with Gasteiger partial charge in [0.25, 0.3) is 0 Å². The molecule has 6 heteroatoms. The normalized spacial score (nSPS) is 16.1. The minimum Gasteiger partial charge on any atom is -0.339 e. The van der Waals surface area contributed by atoms with Crippen molar-refractivity contribution in [3.05, 3.63) is 52.7 Å². The van der Waals surface area contributed by atoms with Crippen molar-refractivity contribution in [3.8, 4) is 11.4 Å². The van der Waals surface area contributed by atoms with Gasteiger partial charge in [-0.1, -0.05) is 31.1 Å². The van der Waals surface area contributed by atoms with Crippen LogP contribution in [0.1, 0.15) is 71.6 Å².